The van der Waals surface area contributed by atoms with Crippen LogP contribution in [0.3, 0.4) is 0 Å². The smallest absolute Gasteiger partial charge is 0.258 e. The van der Waals surface area contributed by atoms with E-state index in [0.717, 1.165) is 19.3 Å². The van der Waals surface area contributed by atoms with Crippen molar-refractivity contribution in [3.05, 3.63) is 29.8 Å². The van der Waals surface area contributed by atoms with Crippen molar-refractivity contribution >= 4 is 17.7 Å². The van der Waals surface area contributed by atoms with E-state index in [1.165, 1.54) is 0 Å². The molecule has 1 N–H and O–H groups in total. The summed E-state index contributed by atoms with van der Waals surface area (Å²) < 4.78 is 6.38. The zero-order chi connectivity index (χ0) is 20.2. The summed E-state index contributed by atoms with van der Waals surface area (Å²) in [7, 11) is 0. The van der Waals surface area contributed by atoms with E-state index in [-0.39, 0.29) is 35.5 Å². The summed E-state index contributed by atoms with van der Waals surface area (Å²) in [6, 6.07) is 7.37. The first-order chi connectivity index (χ1) is 14.0. The van der Waals surface area contributed by atoms with Gasteiger partial charge in [0.2, 0.25) is 11.8 Å². The highest BCUT2D eigenvalue weighted by molar-refractivity contribution is 5.98. The van der Waals surface area contributed by atoms with E-state index in [9.17, 15) is 14.4 Å². The second-order valence-corrected chi connectivity index (χ2v) is 8.85. The minimum atomic E-state index is -0.682. The molecule has 6 rings (SSSR count). The minimum absolute atomic E-state index is 0.0130. The molecule has 3 saturated carbocycles. The molecule has 154 valence electrons. The lowest BCUT2D eigenvalue weighted by atomic mass is 9.59. The van der Waals surface area contributed by atoms with Crippen LogP contribution in [0.4, 0.5) is 0 Å². The van der Waals surface area contributed by atoms with Crippen molar-refractivity contribution in [3.8, 4) is 5.75 Å². The molecule has 7 nitrogen and oxygen atoms in total. The zero-order valence-corrected chi connectivity index (χ0v) is 16.7. The molecule has 2 aliphatic heterocycles. The number of hydrogen-bond donors (Lipinski definition) is 1. The molecule has 2 bridgehead atoms. The van der Waals surface area contributed by atoms with Crippen LogP contribution in [-0.4, -0.2) is 59.4 Å². The van der Waals surface area contributed by atoms with Crippen LogP contribution in [-0.2, 0) is 9.59 Å². The highest BCUT2D eigenvalue weighted by atomic mass is 16.5. The Morgan fingerprint density at radius 2 is 1.83 bits per heavy atom. The summed E-state index contributed by atoms with van der Waals surface area (Å²) in [5.41, 5.74) is -0.103. The lowest BCUT2D eigenvalue weighted by Crippen LogP contribution is -2.67. The third-order valence-electron chi connectivity index (χ3n) is 7.32. The van der Waals surface area contributed by atoms with E-state index < -0.39 is 5.72 Å². The van der Waals surface area contributed by atoms with Crippen molar-refractivity contribution in [3.63, 3.8) is 0 Å². The molecule has 0 radical (unpaired) electrons. The van der Waals surface area contributed by atoms with Gasteiger partial charge >= 0.3 is 0 Å². The Labute approximate surface area is 170 Å². The van der Waals surface area contributed by atoms with E-state index in [4.69, 9.17) is 4.74 Å². The molecule has 1 aromatic rings. The molecule has 1 spiro atoms. The van der Waals surface area contributed by atoms with Gasteiger partial charge in [-0.25, -0.2) is 0 Å². The number of carbonyl (C=O) groups excluding carboxylic acids is 3. The average Bonchev–Trinajstić information content (AvgIpc) is 2.73. The maximum absolute atomic E-state index is 13.2. The molecule has 5 aliphatic rings. The van der Waals surface area contributed by atoms with Crippen LogP contribution in [0.15, 0.2) is 24.3 Å². The van der Waals surface area contributed by atoms with E-state index in [2.05, 4.69) is 5.32 Å². The molecule has 3 amide bonds. The first-order valence-corrected chi connectivity index (χ1v) is 10.6. The number of para-hydroxylation sites is 1. The van der Waals surface area contributed by atoms with Crippen molar-refractivity contribution < 1.29 is 19.1 Å². The van der Waals surface area contributed by atoms with Crippen molar-refractivity contribution in [1.82, 2.24) is 15.1 Å². The molecular weight excluding hydrogens is 370 g/mol. The van der Waals surface area contributed by atoms with Gasteiger partial charge in [-0.15, -0.1) is 0 Å². The summed E-state index contributed by atoms with van der Waals surface area (Å²) in [4.78, 5) is 41.2. The van der Waals surface area contributed by atoms with Crippen LogP contribution in [0.25, 0.3) is 0 Å². The Bertz CT molecular complexity index is 863. The van der Waals surface area contributed by atoms with E-state index in [1.807, 2.05) is 23.1 Å². The first-order valence-electron chi connectivity index (χ1n) is 10.6. The van der Waals surface area contributed by atoms with Gasteiger partial charge in [-0.1, -0.05) is 12.1 Å². The largest absolute Gasteiger partial charge is 0.467 e. The number of carbonyl (C=O) groups is 3. The van der Waals surface area contributed by atoms with Crippen LogP contribution in [0.5, 0.6) is 5.75 Å². The quantitative estimate of drug-likeness (QED) is 0.781. The molecule has 0 unspecified atom stereocenters. The lowest BCUT2D eigenvalue weighted by molar-refractivity contribution is -0.158. The van der Waals surface area contributed by atoms with Crippen LogP contribution in [0, 0.1) is 17.8 Å². The molecule has 2 heterocycles. The Kier molecular flexibility index (Phi) is 4.29. The normalized spacial score (nSPS) is 33.1. The SMILES string of the molecule is CC(=O)N1CCN(C(=O)[C@H]2C[C@H]3CC[C@H]2C[C@@]32NC(=O)c3ccccc3O2)CC1. The van der Waals surface area contributed by atoms with Crippen molar-refractivity contribution in [1.29, 1.82) is 0 Å². The number of piperazine rings is 1. The highest BCUT2D eigenvalue weighted by Crippen LogP contribution is 2.52. The van der Waals surface area contributed by atoms with Gasteiger partial charge in [0, 0.05) is 51.4 Å². The standard InChI is InChI=1S/C22H27N3O4/c1-14(26)24-8-10-25(11-9-24)21(28)18-12-16-7-6-15(18)13-22(16)23-20(27)17-4-2-3-5-19(17)29-22/h2-5,15-16,18H,6-13H2,1H3,(H,23,27)/t15-,16+,18-,22-/m0/s1. The molecule has 7 heteroatoms. The Morgan fingerprint density at radius 3 is 2.52 bits per heavy atom. The Hall–Kier alpha value is -2.57. The zero-order valence-electron chi connectivity index (χ0n) is 16.7. The number of ether oxygens (including phenoxy) is 1. The van der Waals surface area contributed by atoms with E-state index in [1.54, 1.807) is 17.9 Å². The van der Waals surface area contributed by atoms with Gasteiger partial charge in [-0.2, -0.15) is 0 Å². The topological polar surface area (TPSA) is 79.0 Å². The van der Waals surface area contributed by atoms with Crippen LogP contribution in [0.2, 0.25) is 0 Å². The monoisotopic (exact) mass is 397 g/mol. The molecule has 1 saturated heterocycles. The number of rotatable bonds is 1. The summed E-state index contributed by atoms with van der Waals surface area (Å²) in [6.45, 7) is 4.02. The van der Waals surface area contributed by atoms with Gasteiger partial charge < -0.3 is 19.9 Å². The Balaban J connectivity index is 1.31. The minimum Gasteiger partial charge on any atom is -0.467 e. The summed E-state index contributed by atoms with van der Waals surface area (Å²) in [5, 5.41) is 3.15. The molecule has 29 heavy (non-hydrogen) atoms. The average molecular weight is 397 g/mol. The van der Waals surface area contributed by atoms with Gasteiger partial charge in [0.15, 0.2) is 5.72 Å². The Morgan fingerprint density at radius 1 is 1.10 bits per heavy atom. The van der Waals surface area contributed by atoms with E-state index >= 15 is 0 Å². The molecule has 3 aliphatic carbocycles. The fourth-order valence-corrected chi connectivity index (χ4v) is 5.74. The molecule has 0 aromatic heterocycles. The van der Waals surface area contributed by atoms with Crippen molar-refractivity contribution in [2.75, 3.05) is 26.2 Å². The number of nitrogens with zero attached hydrogens (tertiary/aromatic N) is 2. The van der Waals surface area contributed by atoms with E-state index in [0.29, 0.717) is 43.9 Å². The second-order valence-electron chi connectivity index (χ2n) is 8.85. The fourth-order valence-electron chi connectivity index (χ4n) is 5.74. The van der Waals surface area contributed by atoms with Gasteiger partial charge in [0.1, 0.15) is 5.75 Å². The van der Waals surface area contributed by atoms with Gasteiger partial charge in [0.05, 0.1) is 5.56 Å². The highest BCUT2D eigenvalue weighted by Gasteiger charge is 2.57. The first kappa shape index (κ1) is 18.5. The maximum Gasteiger partial charge on any atom is 0.258 e. The number of nitrogens with one attached hydrogen (secondary N) is 1. The van der Waals surface area contributed by atoms with Crippen LogP contribution < -0.4 is 10.1 Å². The van der Waals surface area contributed by atoms with Crippen LogP contribution >= 0.6 is 0 Å². The maximum atomic E-state index is 13.2. The predicted octanol–water partition coefficient (Wildman–Crippen LogP) is 1.63. The third-order valence-corrected chi connectivity index (χ3v) is 7.32. The molecule has 4 atom stereocenters. The molecular formula is C22H27N3O4. The van der Waals surface area contributed by atoms with Crippen molar-refractivity contribution in [2.24, 2.45) is 17.8 Å². The number of fused-ring (bicyclic) bond motifs is 3. The molecule has 1 aromatic carbocycles. The van der Waals surface area contributed by atoms with Gasteiger partial charge in [-0.3, -0.25) is 14.4 Å². The van der Waals surface area contributed by atoms with Crippen LogP contribution in [0.1, 0.15) is 43.0 Å². The summed E-state index contributed by atoms with van der Waals surface area (Å²) >= 11 is 0. The predicted molar refractivity (Wildman–Crippen MR) is 105 cm³/mol. The third kappa shape index (κ3) is 2.98. The lowest BCUT2D eigenvalue weighted by Gasteiger charge is -2.55. The number of hydrogen-bond acceptors (Lipinski definition) is 4. The summed E-state index contributed by atoms with van der Waals surface area (Å²) in [5.74, 6) is 1.18. The van der Waals surface area contributed by atoms with Gasteiger partial charge in [0.25, 0.3) is 5.91 Å². The second kappa shape index (κ2) is 6.75. The number of amides is 3. The van der Waals surface area contributed by atoms with Crippen molar-refractivity contribution in [2.45, 2.75) is 38.3 Å². The number of benzene rings is 1. The molecule has 4 fully saturated rings. The summed E-state index contributed by atoms with van der Waals surface area (Å²) in [6.07, 6.45) is 3.40. The fraction of sp³-hybridized carbons (Fsp3) is 0.591. The van der Waals surface area contributed by atoms with Gasteiger partial charge in [-0.05, 0) is 37.3 Å².